The average molecular weight is 398 g/mol. The van der Waals surface area contributed by atoms with Crippen LogP contribution in [0.1, 0.15) is 30.2 Å². The van der Waals surface area contributed by atoms with E-state index in [0.717, 1.165) is 24.0 Å². The number of nitrogens with zero attached hydrogens (tertiary/aromatic N) is 3. The highest BCUT2D eigenvalue weighted by Gasteiger charge is 2.33. The molecule has 146 valence electrons. The van der Waals surface area contributed by atoms with Gasteiger partial charge in [-0.15, -0.1) is 0 Å². The molecule has 4 rings (SSSR count). The maximum Gasteiger partial charge on any atom is 0.243 e. The molecule has 0 spiro atoms. The Balaban J connectivity index is 1.53. The molecular formula is C20H22N4O3S. The molecule has 0 amide bonds. The van der Waals surface area contributed by atoms with E-state index in [1.807, 2.05) is 24.3 Å². The van der Waals surface area contributed by atoms with Gasteiger partial charge in [-0.3, -0.25) is 0 Å². The van der Waals surface area contributed by atoms with E-state index in [9.17, 15) is 8.42 Å². The van der Waals surface area contributed by atoms with Gasteiger partial charge in [-0.25, -0.2) is 8.42 Å². The Morgan fingerprint density at radius 3 is 2.57 bits per heavy atom. The Bertz CT molecular complexity index is 1030. The number of rotatable bonds is 5. The van der Waals surface area contributed by atoms with E-state index in [2.05, 4.69) is 10.1 Å². The van der Waals surface area contributed by atoms with Crippen molar-refractivity contribution in [1.29, 1.82) is 0 Å². The van der Waals surface area contributed by atoms with E-state index < -0.39 is 10.0 Å². The predicted octanol–water partition coefficient (Wildman–Crippen LogP) is 2.76. The van der Waals surface area contributed by atoms with Crippen LogP contribution in [0.3, 0.4) is 0 Å². The van der Waals surface area contributed by atoms with E-state index in [1.165, 1.54) is 4.31 Å². The van der Waals surface area contributed by atoms with Crippen molar-refractivity contribution in [2.45, 2.75) is 30.2 Å². The van der Waals surface area contributed by atoms with Crippen molar-refractivity contribution in [3.8, 4) is 11.4 Å². The van der Waals surface area contributed by atoms with E-state index >= 15 is 0 Å². The molecule has 0 radical (unpaired) electrons. The Hall–Kier alpha value is -2.55. The van der Waals surface area contributed by atoms with Crippen LogP contribution in [-0.2, 0) is 16.6 Å². The number of hydrogen-bond donors (Lipinski definition) is 1. The molecule has 0 bridgehead atoms. The summed E-state index contributed by atoms with van der Waals surface area (Å²) in [6, 6.07) is 16.2. The molecule has 1 aliphatic heterocycles. The fourth-order valence-corrected chi connectivity index (χ4v) is 4.96. The van der Waals surface area contributed by atoms with Crippen LogP contribution in [0, 0.1) is 0 Å². The largest absolute Gasteiger partial charge is 0.339 e. The van der Waals surface area contributed by atoms with E-state index in [0.29, 0.717) is 36.2 Å². The Morgan fingerprint density at radius 1 is 1.11 bits per heavy atom. The Labute approximate surface area is 164 Å². The summed E-state index contributed by atoms with van der Waals surface area (Å²) in [5, 5.41) is 4.08. The predicted molar refractivity (Wildman–Crippen MR) is 105 cm³/mol. The lowest BCUT2D eigenvalue weighted by Crippen LogP contribution is -2.39. The summed E-state index contributed by atoms with van der Waals surface area (Å²) in [7, 11) is -3.52. The maximum absolute atomic E-state index is 12.9. The second-order valence-corrected chi connectivity index (χ2v) is 8.81. The van der Waals surface area contributed by atoms with Crippen LogP contribution in [-0.4, -0.2) is 36.0 Å². The molecule has 1 atom stereocenters. The molecule has 0 saturated carbocycles. The minimum atomic E-state index is -3.52. The van der Waals surface area contributed by atoms with E-state index in [4.69, 9.17) is 10.3 Å². The van der Waals surface area contributed by atoms with Crippen LogP contribution in [0.15, 0.2) is 64.0 Å². The second-order valence-electron chi connectivity index (χ2n) is 6.87. The molecule has 1 unspecified atom stereocenters. The maximum atomic E-state index is 12.9. The van der Waals surface area contributed by atoms with Crippen LogP contribution < -0.4 is 5.73 Å². The summed E-state index contributed by atoms with van der Waals surface area (Å²) >= 11 is 0. The van der Waals surface area contributed by atoms with Gasteiger partial charge < -0.3 is 10.3 Å². The van der Waals surface area contributed by atoms with Gasteiger partial charge in [0, 0.05) is 25.2 Å². The highest BCUT2D eigenvalue weighted by molar-refractivity contribution is 7.89. The average Bonchev–Trinajstić information content (AvgIpc) is 3.25. The molecule has 7 nitrogen and oxygen atoms in total. The van der Waals surface area contributed by atoms with Crippen LogP contribution in [0.2, 0.25) is 0 Å². The quantitative estimate of drug-likeness (QED) is 0.709. The topological polar surface area (TPSA) is 102 Å². The van der Waals surface area contributed by atoms with Crippen LogP contribution in [0.25, 0.3) is 11.4 Å². The molecule has 2 aromatic carbocycles. The molecule has 8 heteroatoms. The zero-order chi connectivity index (χ0) is 19.6. The van der Waals surface area contributed by atoms with Gasteiger partial charge in [0.2, 0.25) is 21.7 Å². The second kappa shape index (κ2) is 7.83. The molecule has 1 aliphatic rings. The number of sulfonamides is 1. The summed E-state index contributed by atoms with van der Waals surface area (Å²) < 4.78 is 32.8. The highest BCUT2D eigenvalue weighted by atomic mass is 32.2. The first-order valence-corrected chi connectivity index (χ1v) is 10.7. The first-order valence-electron chi connectivity index (χ1n) is 9.26. The number of piperidine rings is 1. The van der Waals surface area contributed by atoms with Crippen LogP contribution in [0.5, 0.6) is 0 Å². The number of benzene rings is 2. The number of hydrogen-bond acceptors (Lipinski definition) is 6. The molecular weight excluding hydrogens is 376 g/mol. The summed E-state index contributed by atoms with van der Waals surface area (Å²) in [6.45, 7) is 1.31. The van der Waals surface area contributed by atoms with Gasteiger partial charge in [-0.1, -0.05) is 47.6 Å². The highest BCUT2D eigenvalue weighted by Crippen LogP contribution is 2.30. The molecule has 2 heterocycles. The summed E-state index contributed by atoms with van der Waals surface area (Å²) in [5.74, 6) is 0.865. The van der Waals surface area contributed by atoms with Crippen molar-refractivity contribution in [3.05, 3.63) is 66.1 Å². The third kappa shape index (κ3) is 3.71. The Morgan fingerprint density at radius 2 is 1.86 bits per heavy atom. The SMILES string of the molecule is NCc1ccc(-c2noc(C3CCCN(S(=O)(=O)c4ccccc4)C3)n2)cc1. The van der Waals surface area contributed by atoms with Crippen molar-refractivity contribution in [2.24, 2.45) is 5.73 Å². The summed E-state index contributed by atoms with van der Waals surface area (Å²) in [4.78, 5) is 4.83. The summed E-state index contributed by atoms with van der Waals surface area (Å²) in [6.07, 6.45) is 1.56. The number of aromatic nitrogens is 2. The lowest BCUT2D eigenvalue weighted by atomic mass is 10.00. The smallest absolute Gasteiger partial charge is 0.243 e. The van der Waals surface area contributed by atoms with Crippen molar-refractivity contribution in [3.63, 3.8) is 0 Å². The van der Waals surface area contributed by atoms with Crippen molar-refractivity contribution in [2.75, 3.05) is 13.1 Å². The van der Waals surface area contributed by atoms with Crippen LogP contribution in [0.4, 0.5) is 0 Å². The van der Waals surface area contributed by atoms with Gasteiger partial charge in [0.1, 0.15) is 0 Å². The lowest BCUT2D eigenvalue weighted by molar-refractivity contribution is 0.265. The number of nitrogens with two attached hydrogens (primary N) is 1. The van der Waals surface area contributed by atoms with Crippen molar-refractivity contribution >= 4 is 10.0 Å². The first kappa shape index (κ1) is 18.8. The van der Waals surface area contributed by atoms with Crippen molar-refractivity contribution < 1.29 is 12.9 Å². The fourth-order valence-electron chi connectivity index (χ4n) is 3.41. The van der Waals surface area contributed by atoms with Gasteiger partial charge in [0.05, 0.1) is 10.8 Å². The molecule has 0 aliphatic carbocycles. The third-order valence-corrected chi connectivity index (χ3v) is 6.88. The monoisotopic (exact) mass is 398 g/mol. The Kier molecular flexibility index (Phi) is 5.25. The van der Waals surface area contributed by atoms with Gasteiger partial charge in [-0.2, -0.15) is 9.29 Å². The fraction of sp³-hybridized carbons (Fsp3) is 0.300. The minimum Gasteiger partial charge on any atom is -0.339 e. The standard InChI is InChI=1S/C20H22N4O3S/c21-13-15-8-10-16(11-9-15)19-22-20(27-23-19)17-5-4-12-24(14-17)28(25,26)18-6-2-1-3-7-18/h1-3,6-11,17H,4-5,12-14,21H2. The molecule has 1 aromatic heterocycles. The molecule has 2 N–H and O–H groups in total. The zero-order valence-electron chi connectivity index (χ0n) is 15.4. The van der Waals surface area contributed by atoms with Crippen molar-refractivity contribution in [1.82, 2.24) is 14.4 Å². The van der Waals surface area contributed by atoms with Gasteiger partial charge >= 0.3 is 0 Å². The first-order chi connectivity index (χ1) is 13.6. The molecule has 3 aromatic rings. The lowest BCUT2D eigenvalue weighted by Gasteiger charge is -2.30. The van der Waals surface area contributed by atoms with E-state index in [-0.39, 0.29) is 5.92 Å². The normalized spacial score (nSPS) is 18.2. The van der Waals surface area contributed by atoms with Gasteiger partial charge in [0.15, 0.2) is 0 Å². The summed E-state index contributed by atoms with van der Waals surface area (Å²) in [5.41, 5.74) is 7.50. The molecule has 28 heavy (non-hydrogen) atoms. The third-order valence-electron chi connectivity index (χ3n) is 5.00. The minimum absolute atomic E-state index is 0.114. The zero-order valence-corrected chi connectivity index (χ0v) is 16.2. The van der Waals surface area contributed by atoms with Gasteiger partial charge in [-0.05, 0) is 30.5 Å². The van der Waals surface area contributed by atoms with Crippen LogP contribution >= 0.6 is 0 Å². The van der Waals surface area contributed by atoms with Gasteiger partial charge in [0.25, 0.3) is 0 Å². The molecule has 1 fully saturated rings. The van der Waals surface area contributed by atoms with E-state index in [1.54, 1.807) is 30.3 Å². The molecule has 1 saturated heterocycles.